The van der Waals surface area contributed by atoms with E-state index in [1.165, 1.54) is 11.3 Å². The lowest BCUT2D eigenvalue weighted by Gasteiger charge is -2.29. The van der Waals surface area contributed by atoms with E-state index >= 15 is 0 Å². The summed E-state index contributed by atoms with van der Waals surface area (Å²) in [5.74, 6) is -0.0604. The first-order valence-corrected chi connectivity index (χ1v) is 7.21. The highest BCUT2D eigenvalue weighted by atomic mass is 32.1. The monoisotopic (exact) mass is 268 g/mol. The van der Waals surface area contributed by atoms with Crippen molar-refractivity contribution in [3.05, 3.63) is 16.1 Å². The maximum Gasteiger partial charge on any atom is 0.271 e. The van der Waals surface area contributed by atoms with E-state index in [1.54, 1.807) is 0 Å². The van der Waals surface area contributed by atoms with Crippen molar-refractivity contribution in [3.63, 3.8) is 0 Å². The number of rotatable bonds is 4. The number of carbonyl (C=O) groups excluding carboxylic acids is 1. The van der Waals surface area contributed by atoms with Gasteiger partial charge in [-0.2, -0.15) is 0 Å². The van der Waals surface area contributed by atoms with Crippen LogP contribution in [0.15, 0.2) is 5.38 Å². The number of amides is 1. The van der Waals surface area contributed by atoms with Crippen LogP contribution in [0.25, 0.3) is 0 Å². The van der Waals surface area contributed by atoms with Crippen molar-refractivity contribution < 1.29 is 4.79 Å². The molecule has 0 aromatic carbocycles. The van der Waals surface area contributed by atoms with Gasteiger partial charge in [0.05, 0.1) is 5.01 Å². The quantitative estimate of drug-likeness (QED) is 0.832. The highest BCUT2D eigenvalue weighted by Crippen LogP contribution is 2.12. The van der Waals surface area contributed by atoms with E-state index in [4.69, 9.17) is 5.73 Å². The minimum absolute atomic E-state index is 0.0604. The molecule has 1 aliphatic heterocycles. The highest BCUT2D eigenvalue weighted by molar-refractivity contribution is 7.09. The van der Waals surface area contributed by atoms with E-state index in [9.17, 15) is 4.79 Å². The van der Waals surface area contributed by atoms with Crippen molar-refractivity contribution in [1.82, 2.24) is 15.2 Å². The Bertz CT molecular complexity index is 407. The first-order chi connectivity index (χ1) is 8.69. The van der Waals surface area contributed by atoms with Gasteiger partial charge in [0.25, 0.3) is 5.91 Å². The van der Waals surface area contributed by atoms with Gasteiger partial charge in [0.1, 0.15) is 5.69 Å². The molecule has 1 aromatic heterocycles. The summed E-state index contributed by atoms with van der Waals surface area (Å²) in [4.78, 5) is 18.6. The predicted octanol–water partition coefficient (Wildman–Crippen LogP) is 0.468. The molecule has 5 nitrogen and oxygen atoms in total. The number of thiazole rings is 1. The van der Waals surface area contributed by atoms with Gasteiger partial charge in [0, 0.05) is 24.4 Å². The minimum atomic E-state index is -0.0604. The number of nitrogens with zero attached hydrogens (tertiary/aromatic N) is 2. The Morgan fingerprint density at radius 3 is 3.28 bits per heavy atom. The smallest absolute Gasteiger partial charge is 0.271 e. The van der Waals surface area contributed by atoms with Gasteiger partial charge in [-0.05, 0) is 33.0 Å². The third kappa shape index (κ3) is 3.51. The lowest BCUT2D eigenvalue weighted by atomic mass is 10.1. The molecule has 0 spiro atoms. The zero-order valence-electron chi connectivity index (χ0n) is 10.7. The number of nitrogens with two attached hydrogens (primary N) is 1. The summed E-state index contributed by atoms with van der Waals surface area (Å²) in [5, 5.41) is 5.80. The van der Waals surface area contributed by atoms with E-state index < -0.39 is 0 Å². The second-order valence-electron chi connectivity index (χ2n) is 4.74. The average molecular weight is 268 g/mol. The molecule has 3 N–H and O–H groups in total. The largest absolute Gasteiger partial charge is 0.347 e. The fraction of sp³-hybridized carbons (Fsp3) is 0.667. The van der Waals surface area contributed by atoms with Gasteiger partial charge < -0.3 is 16.0 Å². The summed E-state index contributed by atoms with van der Waals surface area (Å²) < 4.78 is 0. The first-order valence-electron chi connectivity index (χ1n) is 6.33. The van der Waals surface area contributed by atoms with Crippen molar-refractivity contribution in [2.24, 2.45) is 5.73 Å². The van der Waals surface area contributed by atoms with Crippen molar-refractivity contribution in [1.29, 1.82) is 0 Å². The molecular formula is C12H20N4OS. The number of hydrogen-bond acceptors (Lipinski definition) is 5. The zero-order valence-corrected chi connectivity index (χ0v) is 11.5. The fourth-order valence-corrected chi connectivity index (χ4v) is 2.99. The van der Waals surface area contributed by atoms with Crippen LogP contribution >= 0.6 is 11.3 Å². The molecular weight excluding hydrogens is 248 g/mol. The summed E-state index contributed by atoms with van der Waals surface area (Å²) in [7, 11) is 2.08. The number of aromatic nitrogens is 1. The summed E-state index contributed by atoms with van der Waals surface area (Å²) >= 11 is 1.50. The lowest BCUT2D eigenvalue weighted by molar-refractivity contribution is 0.0908. The van der Waals surface area contributed by atoms with Crippen molar-refractivity contribution in [2.75, 3.05) is 26.7 Å². The van der Waals surface area contributed by atoms with E-state index in [0.29, 0.717) is 12.2 Å². The molecule has 0 saturated carbocycles. The lowest BCUT2D eigenvalue weighted by Crippen LogP contribution is -2.46. The van der Waals surface area contributed by atoms with Crippen LogP contribution in [0.2, 0.25) is 0 Å². The number of hydrogen-bond donors (Lipinski definition) is 2. The molecule has 100 valence electrons. The maximum atomic E-state index is 12.0. The van der Waals surface area contributed by atoms with Crippen molar-refractivity contribution in [3.8, 4) is 0 Å². The summed E-state index contributed by atoms with van der Waals surface area (Å²) in [5.41, 5.74) is 6.00. The molecule has 18 heavy (non-hydrogen) atoms. The van der Waals surface area contributed by atoms with Crippen LogP contribution in [-0.4, -0.2) is 48.5 Å². The van der Waals surface area contributed by atoms with E-state index in [0.717, 1.165) is 37.4 Å². The molecule has 2 heterocycles. The molecule has 1 saturated heterocycles. The first kappa shape index (κ1) is 13.5. The number of nitrogens with one attached hydrogen (secondary N) is 1. The number of likely N-dealkylation sites (tertiary alicyclic amines) is 1. The summed E-state index contributed by atoms with van der Waals surface area (Å²) in [6, 6.07) is 0.246. The van der Waals surface area contributed by atoms with Gasteiger partial charge in [-0.25, -0.2) is 4.98 Å². The van der Waals surface area contributed by atoms with Gasteiger partial charge in [-0.1, -0.05) is 0 Å². The number of piperidine rings is 1. The van der Waals surface area contributed by atoms with Crippen molar-refractivity contribution >= 4 is 17.2 Å². The molecule has 1 fully saturated rings. The highest BCUT2D eigenvalue weighted by Gasteiger charge is 2.20. The summed E-state index contributed by atoms with van der Waals surface area (Å²) in [6.45, 7) is 2.61. The Balaban J connectivity index is 1.90. The van der Waals surface area contributed by atoms with Gasteiger partial charge in [0.2, 0.25) is 0 Å². The maximum absolute atomic E-state index is 12.0. The van der Waals surface area contributed by atoms with Crippen LogP contribution in [0.3, 0.4) is 0 Å². The van der Waals surface area contributed by atoms with Crippen LogP contribution in [0.5, 0.6) is 0 Å². The molecule has 1 aromatic rings. The van der Waals surface area contributed by atoms with E-state index in [-0.39, 0.29) is 11.9 Å². The average Bonchev–Trinajstić information content (AvgIpc) is 2.78. The summed E-state index contributed by atoms with van der Waals surface area (Å²) in [6.07, 6.45) is 2.93. The van der Waals surface area contributed by atoms with Crippen LogP contribution in [-0.2, 0) is 6.42 Å². The fourth-order valence-electron chi connectivity index (χ4n) is 2.20. The third-order valence-electron chi connectivity index (χ3n) is 3.10. The molecule has 1 atom stereocenters. The standard InChI is InChI=1S/C12H20N4OS/c1-16-6-2-3-9(7-16)14-12(17)10-8-18-11(15-10)4-5-13/h8-9H,2-7,13H2,1H3,(H,14,17). The topological polar surface area (TPSA) is 71.2 Å². The normalized spacial score (nSPS) is 20.9. The molecule has 0 bridgehead atoms. The van der Waals surface area contributed by atoms with Gasteiger partial charge in [0.15, 0.2) is 0 Å². The second kappa shape index (κ2) is 6.26. The molecule has 1 unspecified atom stereocenters. The Morgan fingerprint density at radius 1 is 1.72 bits per heavy atom. The van der Waals surface area contributed by atoms with Gasteiger partial charge >= 0.3 is 0 Å². The van der Waals surface area contributed by atoms with Crippen LogP contribution < -0.4 is 11.1 Å². The van der Waals surface area contributed by atoms with Gasteiger partial charge in [-0.3, -0.25) is 4.79 Å². The predicted molar refractivity (Wildman–Crippen MR) is 72.9 cm³/mol. The zero-order chi connectivity index (χ0) is 13.0. The number of carbonyl (C=O) groups is 1. The van der Waals surface area contributed by atoms with Crippen LogP contribution in [0.4, 0.5) is 0 Å². The Labute approximate surface area is 111 Å². The minimum Gasteiger partial charge on any atom is -0.347 e. The molecule has 6 heteroatoms. The Morgan fingerprint density at radius 2 is 2.56 bits per heavy atom. The SMILES string of the molecule is CN1CCCC(NC(=O)c2csc(CCN)n2)C1. The van der Waals surface area contributed by atoms with Crippen LogP contribution in [0, 0.1) is 0 Å². The van der Waals surface area contributed by atoms with E-state index in [1.807, 2.05) is 5.38 Å². The van der Waals surface area contributed by atoms with Crippen molar-refractivity contribution in [2.45, 2.75) is 25.3 Å². The second-order valence-corrected chi connectivity index (χ2v) is 5.68. The number of likely N-dealkylation sites (N-methyl/N-ethyl adjacent to an activating group) is 1. The third-order valence-corrected chi connectivity index (χ3v) is 4.01. The molecule has 1 aliphatic rings. The van der Waals surface area contributed by atoms with E-state index in [2.05, 4.69) is 22.2 Å². The van der Waals surface area contributed by atoms with Gasteiger partial charge in [-0.15, -0.1) is 11.3 Å². The molecule has 1 amide bonds. The Kier molecular flexibility index (Phi) is 4.68. The molecule has 0 radical (unpaired) electrons. The molecule has 2 rings (SSSR count). The Hall–Kier alpha value is -0.980. The molecule has 0 aliphatic carbocycles. The van der Waals surface area contributed by atoms with Crippen LogP contribution in [0.1, 0.15) is 28.3 Å².